The van der Waals surface area contributed by atoms with E-state index in [1.54, 1.807) is 13.2 Å². The first kappa shape index (κ1) is 17.5. The minimum absolute atomic E-state index is 0.265. The van der Waals surface area contributed by atoms with Crippen LogP contribution in [0.5, 0.6) is 11.5 Å². The van der Waals surface area contributed by atoms with Gasteiger partial charge in [-0.25, -0.2) is 4.79 Å². The number of hydrogen-bond donors (Lipinski definition) is 2. The molecule has 0 spiro atoms. The van der Waals surface area contributed by atoms with E-state index >= 15 is 0 Å². The van der Waals surface area contributed by atoms with Crippen molar-refractivity contribution in [3.63, 3.8) is 0 Å². The largest absolute Gasteiger partial charge is 0.457 e. The predicted octanol–water partition coefficient (Wildman–Crippen LogP) is 4.04. The van der Waals surface area contributed by atoms with E-state index in [9.17, 15) is 4.79 Å². The topological polar surface area (TPSA) is 68.2 Å². The molecule has 0 saturated heterocycles. The highest BCUT2D eigenvalue weighted by Crippen LogP contribution is 2.29. The Balaban J connectivity index is 1.87. The molecule has 0 atom stereocenters. The summed E-state index contributed by atoms with van der Waals surface area (Å²) >= 11 is 0. The standard InChI is InChI=1S/C20H22N4O2/c1-3-15-5-8-18(9-6-15)26-19-10-7-17(23-20(25)21-2)13-16(19)14-24-12-4-11-22-24/h4-13H,3,14H2,1-2H3,(H2,21,23,25). The van der Waals surface area contributed by atoms with Crippen LogP contribution < -0.4 is 15.4 Å². The van der Waals surface area contributed by atoms with Gasteiger partial charge in [-0.15, -0.1) is 0 Å². The second kappa shape index (κ2) is 8.20. The Kier molecular flexibility index (Phi) is 5.53. The normalized spacial score (nSPS) is 10.4. The molecular formula is C20H22N4O2. The zero-order valence-corrected chi connectivity index (χ0v) is 14.9. The van der Waals surface area contributed by atoms with Crippen molar-refractivity contribution in [2.75, 3.05) is 12.4 Å². The highest BCUT2D eigenvalue weighted by Gasteiger charge is 2.09. The van der Waals surface area contributed by atoms with Crippen LogP contribution in [0.1, 0.15) is 18.1 Å². The van der Waals surface area contributed by atoms with Gasteiger partial charge in [-0.1, -0.05) is 19.1 Å². The molecule has 3 rings (SSSR count). The van der Waals surface area contributed by atoms with Gasteiger partial charge in [0.25, 0.3) is 0 Å². The SMILES string of the molecule is CCc1ccc(Oc2ccc(NC(=O)NC)cc2Cn2cccn2)cc1. The molecular weight excluding hydrogens is 328 g/mol. The minimum Gasteiger partial charge on any atom is -0.457 e. The van der Waals surface area contributed by atoms with Gasteiger partial charge in [-0.05, 0) is 48.4 Å². The van der Waals surface area contributed by atoms with E-state index in [0.29, 0.717) is 12.2 Å². The molecule has 6 nitrogen and oxygen atoms in total. The summed E-state index contributed by atoms with van der Waals surface area (Å²) < 4.78 is 7.89. The Labute approximate surface area is 152 Å². The van der Waals surface area contributed by atoms with Crippen molar-refractivity contribution in [1.29, 1.82) is 0 Å². The van der Waals surface area contributed by atoms with Crippen molar-refractivity contribution in [1.82, 2.24) is 15.1 Å². The number of nitrogens with one attached hydrogen (secondary N) is 2. The molecule has 0 saturated carbocycles. The number of carbonyl (C=O) groups is 1. The van der Waals surface area contributed by atoms with Crippen LogP contribution in [0.25, 0.3) is 0 Å². The fourth-order valence-corrected chi connectivity index (χ4v) is 2.56. The fourth-order valence-electron chi connectivity index (χ4n) is 2.56. The number of aryl methyl sites for hydroxylation is 1. The number of aromatic nitrogens is 2. The first-order valence-corrected chi connectivity index (χ1v) is 8.54. The lowest BCUT2D eigenvalue weighted by Crippen LogP contribution is -2.24. The fraction of sp³-hybridized carbons (Fsp3) is 0.200. The molecule has 0 bridgehead atoms. The smallest absolute Gasteiger partial charge is 0.318 e. The molecule has 3 aromatic rings. The van der Waals surface area contributed by atoms with Gasteiger partial charge in [-0.2, -0.15) is 5.10 Å². The summed E-state index contributed by atoms with van der Waals surface area (Å²) in [6.07, 6.45) is 4.61. The van der Waals surface area contributed by atoms with E-state index in [1.165, 1.54) is 5.56 Å². The molecule has 0 aliphatic heterocycles. The van der Waals surface area contributed by atoms with E-state index in [0.717, 1.165) is 23.5 Å². The van der Waals surface area contributed by atoms with E-state index < -0.39 is 0 Å². The molecule has 2 aromatic carbocycles. The highest BCUT2D eigenvalue weighted by molar-refractivity contribution is 5.89. The number of amides is 2. The van der Waals surface area contributed by atoms with Gasteiger partial charge in [0.15, 0.2) is 0 Å². The first-order valence-electron chi connectivity index (χ1n) is 8.54. The maximum Gasteiger partial charge on any atom is 0.318 e. The zero-order chi connectivity index (χ0) is 18.4. The quantitative estimate of drug-likeness (QED) is 0.705. The van der Waals surface area contributed by atoms with E-state index in [4.69, 9.17) is 4.74 Å². The average Bonchev–Trinajstić information content (AvgIpc) is 3.17. The number of rotatable bonds is 6. The number of anilines is 1. The number of carbonyl (C=O) groups excluding carboxylic acids is 1. The van der Waals surface area contributed by atoms with Gasteiger partial charge in [-0.3, -0.25) is 4.68 Å². The van der Waals surface area contributed by atoms with Crippen LogP contribution >= 0.6 is 0 Å². The second-order valence-electron chi connectivity index (χ2n) is 5.83. The molecule has 1 heterocycles. The number of nitrogens with zero attached hydrogens (tertiary/aromatic N) is 2. The second-order valence-corrected chi connectivity index (χ2v) is 5.83. The van der Waals surface area contributed by atoms with Gasteiger partial charge in [0.05, 0.1) is 6.54 Å². The first-order chi connectivity index (χ1) is 12.7. The lowest BCUT2D eigenvalue weighted by atomic mass is 10.1. The van der Waals surface area contributed by atoms with Crippen molar-refractivity contribution in [2.45, 2.75) is 19.9 Å². The van der Waals surface area contributed by atoms with E-state index in [-0.39, 0.29) is 6.03 Å². The van der Waals surface area contributed by atoms with Crippen LogP contribution in [-0.4, -0.2) is 22.9 Å². The number of ether oxygens (including phenoxy) is 1. The molecule has 0 radical (unpaired) electrons. The molecule has 0 aliphatic rings. The van der Waals surface area contributed by atoms with Crippen molar-refractivity contribution >= 4 is 11.7 Å². The van der Waals surface area contributed by atoms with Gasteiger partial charge in [0.2, 0.25) is 0 Å². The third-order valence-electron chi connectivity index (χ3n) is 4.00. The lowest BCUT2D eigenvalue weighted by Gasteiger charge is -2.14. The lowest BCUT2D eigenvalue weighted by molar-refractivity contribution is 0.254. The molecule has 0 fully saturated rings. The molecule has 0 unspecified atom stereocenters. The Morgan fingerprint density at radius 3 is 2.65 bits per heavy atom. The van der Waals surface area contributed by atoms with E-state index in [2.05, 4.69) is 34.8 Å². The molecule has 0 aliphatic carbocycles. The summed E-state index contributed by atoms with van der Waals surface area (Å²) in [6.45, 7) is 2.66. The molecule has 2 amide bonds. The summed E-state index contributed by atoms with van der Waals surface area (Å²) in [6, 6.07) is 15.2. The maximum absolute atomic E-state index is 11.6. The number of hydrogen-bond acceptors (Lipinski definition) is 3. The summed E-state index contributed by atoms with van der Waals surface area (Å²) in [5.74, 6) is 1.50. The van der Waals surface area contributed by atoms with Crippen LogP contribution in [0.2, 0.25) is 0 Å². The van der Waals surface area contributed by atoms with Crippen LogP contribution in [0.4, 0.5) is 10.5 Å². The molecule has 1 aromatic heterocycles. The molecule has 2 N–H and O–H groups in total. The number of urea groups is 1. The Morgan fingerprint density at radius 2 is 2.00 bits per heavy atom. The molecule has 6 heteroatoms. The maximum atomic E-state index is 11.6. The number of benzene rings is 2. The van der Waals surface area contributed by atoms with Crippen molar-refractivity contribution in [3.05, 3.63) is 72.1 Å². The predicted molar refractivity (Wildman–Crippen MR) is 102 cm³/mol. The summed E-state index contributed by atoms with van der Waals surface area (Å²) in [4.78, 5) is 11.6. The zero-order valence-electron chi connectivity index (χ0n) is 14.9. The molecule has 26 heavy (non-hydrogen) atoms. The van der Waals surface area contributed by atoms with Crippen LogP contribution in [0, 0.1) is 0 Å². The van der Waals surface area contributed by atoms with Crippen LogP contribution in [0.15, 0.2) is 60.9 Å². The van der Waals surface area contributed by atoms with Gasteiger partial charge in [0, 0.05) is 30.7 Å². The van der Waals surface area contributed by atoms with Gasteiger partial charge >= 0.3 is 6.03 Å². The summed E-state index contributed by atoms with van der Waals surface area (Å²) in [5, 5.41) is 9.58. The Bertz CT molecular complexity index is 858. The van der Waals surface area contributed by atoms with Gasteiger partial charge in [0.1, 0.15) is 11.5 Å². The third kappa shape index (κ3) is 4.42. The monoisotopic (exact) mass is 350 g/mol. The van der Waals surface area contributed by atoms with Crippen molar-refractivity contribution in [2.24, 2.45) is 0 Å². The van der Waals surface area contributed by atoms with E-state index in [1.807, 2.05) is 47.3 Å². The van der Waals surface area contributed by atoms with Crippen molar-refractivity contribution < 1.29 is 9.53 Å². The highest BCUT2D eigenvalue weighted by atomic mass is 16.5. The van der Waals surface area contributed by atoms with Gasteiger partial charge < -0.3 is 15.4 Å². The van der Waals surface area contributed by atoms with Crippen molar-refractivity contribution in [3.8, 4) is 11.5 Å². The summed E-state index contributed by atoms with van der Waals surface area (Å²) in [5.41, 5.74) is 2.88. The van der Waals surface area contributed by atoms with Crippen LogP contribution in [0.3, 0.4) is 0 Å². The average molecular weight is 350 g/mol. The van der Waals surface area contributed by atoms with Crippen LogP contribution in [-0.2, 0) is 13.0 Å². The molecule has 134 valence electrons. The Morgan fingerprint density at radius 1 is 1.19 bits per heavy atom. The minimum atomic E-state index is -0.265. The Hall–Kier alpha value is -3.28. The summed E-state index contributed by atoms with van der Waals surface area (Å²) in [7, 11) is 1.58. The third-order valence-corrected chi connectivity index (χ3v) is 4.00.